The van der Waals surface area contributed by atoms with E-state index < -0.39 is 0 Å². The van der Waals surface area contributed by atoms with E-state index in [-0.39, 0.29) is 18.6 Å². The van der Waals surface area contributed by atoms with E-state index in [4.69, 9.17) is 27.9 Å². The monoisotopic (exact) mass is 529 g/mol. The van der Waals surface area contributed by atoms with E-state index in [1.54, 1.807) is 27.8 Å². The number of benzene rings is 2. The van der Waals surface area contributed by atoms with Crippen LogP contribution in [-0.2, 0) is 29.2 Å². The van der Waals surface area contributed by atoms with Gasteiger partial charge in [-0.3, -0.25) is 4.79 Å². The molecular weight excluding hydrogens is 501 g/mol. The molecule has 190 valence electrons. The highest BCUT2D eigenvalue weighted by Crippen LogP contribution is 2.23. The number of rotatable bonds is 9. The summed E-state index contributed by atoms with van der Waals surface area (Å²) in [6.45, 7) is 2.36. The Morgan fingerprint density at radius 3 is 2.47 bits per heavy atom. The number of piperidine rings is 1. The average molecular weight is 530 g/mol. The van der Waals surface area contributed by atoms with Gasteiger partial charge in [-0.25, -0.2) is 9.48 Å². The third-order valence-electron chi connectivity index (χ3n) is 6.18. The summed E-state index contributed by atoms with van der Waals surface area (Å²) in [5, 5.41) is 12.2. The number of aromatic nitrogens is 3. The summed E-state index contributed by atoms with van der Waals surface area (Å²) >= 11 is 12.0. The number of carbonyl (C=O) groups excluding carboxylic acids is 2. The van der Waals surface area contributed by atoms with Crippen LogP contribution < -0.4 is 5.32 Å². The zero-order valence-electron chi connectivity index (χ0n) is 19.9. The second-order valence-corrected chi connectivity index (χ2v) is 9.84. The molecule has 0 bridgehead atoms. The van der Waals surface area contributed by atoms with Crippen LogP contribution in [0.1, 0.15) is 42.5 Å². The van der Waals surface area contributed by atoms with Gasteiger partial charge in [0.05, 0.1) is 19.3 Å². The Labute approximate surface area is 220 Å². The lowest BCUT2D eigenvalue weighted by Crippen LogP contribution is -2.39. The fourth-order valence-electron chi connectivity index (χ4n) is 4.21. The molecular formula is C26H29Cl2N5O3. The van der Waals surface area contributed by atoms with Gasteiger partial charge in [0.2, 0.25) is 5.91 Å². The highest BCUT2D eigenvalue weighted by atomic mass is 35.5. The molecule has 0 unspecified atom stereocenters. The SMILES string of the molecule is O=C(CCC1CCN(C(=O)OCc2cc(Cl)cc(Cl)c2)CC1)NCc1cn(Cc2ccccc2)nn1. The smallest absolute Gasteiger partial charge is 0.410 e. The van der Waals surface area contributed by atoms with E-state index in [1.165, 1.54) is 0 Å². The Morgan fingerprint density at radius 1 is 1.03 bits per heavy atom. The molecule has 1 aromatic heterocycles. The zero-order chi connectivity index (χ0) is 25.3. The highest BCUT2D eigenvalue weighted by Gasteiger charge is 2.24. The number of nitrogens with zero attached hydrogens (tertiary/aromatic N) is 4. The molecule has 2 heterocycles. The molecule has 8 nitrogen and oxygen atoms in total. The van der Waals surface area contributed by atoms with Gasteiger partial charge in [-0.2, -0.15) is 0 Å². The Hall–Kier alpha value is -3.10. The maximum absolute atomic E-state index is 12.4. The maximum Gasteiger partial charge on any atom is 0.410 e. The lowest BCUT2D eigenvalue weighted by atomic mass is 9.92. The van der Waals surface area contributed by atoms with Crippen LogP contribution in [0.5, 0.6) is 0 Å². The molecule has 3 aromatic rings. The fourth-order valence-corrected chi connectivity index (χ4v) is 4.79. The Morgan fingerprint density at radius 2 is 1.75 bits per heavy atom. The second kappa shape index (κ2) is 12.7. The highest BCUT2D eigenvalue weighted by molar-refractivity contribution is 6.34. The molecule has 1 aliphatic heterocycles. The van der Waals surface area contributed by atoms with E-state index >= 15 is 0 Å². The second-order valence-electron chi connectivity index (χ2n) is 8.97. The number of halogens is 2. The number of ether oxygens (including phenoxy) is 1. The summed E-state index contributed by atoms with van der Waals surface area (Å²) in [5.41, 5.74) is 2.62. The van der Waals surface area contributed by atoms with Crippen molar-refractivity contribution in [1.82, 2.24) is 25.2 Å². The molecule has 1 fully saturated rings. The van der Waals surface area contributed by atoms with Crippen LogP contribution in [0, 0.1) is 5.92 Å². The summed E-state index contributed by atoms with van der Waals surface area (Å²) in [5.74, 6) is 0.396. The van der Waals surface area contributed by atoms with Gasteiger partial charge in [0.15, 0.2) is 0 Å². The van der Waals surface area contributed by atoms with E-state index in [2.05, 4.69) is 15.6 Å². The minimum atomic E-state index is -0.345. The molecule has 1 aliphatic rings. The summed E-state index contributed by atoms with van der Waals surface area (Å²) in [6.07, 6.45) is 4.43. The third kappa shape index (κ3) is 7.96. The maximum atomic E-state index is 12.4. The summed E-state index contributed by atoms with van der Waals surface area (Å²) in [7, 11) is 0. The van der Waals surface area contributed by atoms with Crippen LogP contribution in [0.25, 0.3) is 0 Å². The predicted molar refractivity (Wildman–Crippen MR) is 138 cm³/mol. The van der Waals surface area contributed by atoms with E-state index in [0.717, 1.165) is 36.1 Å². The first-order chi connectivity index (χ1) is 17.4. The van der Waals surface area contributed by atoms with Crippen molar-refractivity contribution in [2.75, 3.05) is 13.1 Å². The normalized spacial score (nSPS) is 14.0. The van der Waals surface area contributed by atoms with Gasteiger partial charge >= 0.3 is 6.09 Å². The van der Waals surface area contributed by atoms with Gasteiger partial charge in [0.25, 0.3) is 0 Å². The minimum Gasteiger partial charge on any atom is -0.445 e. The molecule has 2 amide bonds. The van der Waals surface area contributed by atoms with Gasteiger partial charge in [-0.05, 0) is 54.5 Å². The van der Waals surface area contributed by atoms with Crippen molar-refractivity contribution < 1.29 is 14.3 Å². The first-order valence-corrected chi connectivity index (χ1v) is 12.8. The van der Waals surface area contributed by atoms with Gasteiger partial charge in [0.1, 0.15) is 12.3 Å². The van der Waals surface area contributed by atoms with Crippen molar-refractivity contribution in [1.29, 1.82) is 0 Å². The molecule has 2 aromatic carbocycles. The Bertz CT molecular complexity index is 1140. The molecule has 10 heteroatoms. The van der Waals surface area contributed by atoms with Crippen LogP contribution in [0.15, 0.2) is 54.7 Å². The Kier molecular flexibility index (Phi) is 9.19. The number of amides is 2. The molecule has 1 N–H and O–H groups in total. The van der Waals surface area contributed by atoms with Gasteiger partial charge in [-0.1, -0.05) is 58.7 Å². The number of likely N-dealkylation sites (tertiary alicyclic amines) is 1. The molecule has 1 saturated heterocycles. The zero-order valence-corrected chi connectivity index (χ0v) is 21.4. The Balaban J connectivity index is 1.11. The van der Waals surface area contributed by atoms with Crippen molar-refractivity contribution in [3.05, 3.63) is 81.6 Å². The topological polar surface area (TPSA) is 89.4 Å². The molecule has 0 spiro atoms. The number of nitrogens with one attached hydrogen (secondary N) is 1. The van der Waals surface area contributed by atoms with Crippen LogP contribution in [0.3, 0.4) is 0 Å². The van der Waals surface area contributed by atoms with E-state index in [1.807, 2.05) is 36.5 Å². The van der Waals surface area contributed by atoms with Crippen molar-refractivity contribution in [2.45, 2.75) is 45.4 Å². The molecule has 0 aliphatic carbocycles. The number of hydrogen-bond donors (Lipinski definition) is 1. The van der Waals surface area contributed by atoms with E-state index in [9.17, 15) is 9.59 Å². The summed E-state index contributed by atoms with van der Waals surface area (Å²) in [6, 6.07) is 15.1. The molecule has 0 atom stereocenters. The lowest BCUT2D eigenvalue weighted by Gasteiger charge is -2.31. The average Bonchev–Trinajstić information content (AvgIpc) is 3.32. The van der Waals surface area contributed by atoms with Crippen LogP contribution in [-0.4, -0.2) is 45.0 Å². The van der Waals surface area contributed by atoms with Crippen molar-refractivity contribution >= 4 is 35.2 Å². The first-order valence-electron chi connectivity index (χ1n) is 12.0. The number of hydrogen-bond acceptors (Lipinski definition) is 5. The molecule has 0 radical (unpaired) electrons. The lowest BCUT2D eigenvalue weighted by molar-refractivity contribution is -0.121. The molecule has 36 heavy (non-hydrogen) atoms. The molecule has 0 saturated carbocycles. The largest absolute Gasteiger partial charge is 0.445 e. The van der Waals surface area contributed by atoms with E-state index in [0.29, 0.717) is 48.6 Å². The van der Waals surface area contributed by atoms with Gasteiger partial charge < -0.3 is 15.0 Å². The predicted octanol–water partition coefficient (Wildman–Crippen LogP) is 5.08. The van der Waals surface area contributed by atoms with Crippen molar-refractivity contribution in [2.24, 2.45) is 5.92 Å². The quantitative estimate of drug-likeness (QED) is 0.417. The van der Waals surface area contributed by atoms with Crippen LogP contribution in [0.4, 0.5) is 4.79 Å². The first kappa shape index (κ1) is 26.0. The fraction of sp³-hybridized carbons (Fsp3) is 0.385. The minimum absolute atomic E-state index is 0.00497. The van der Waals surface area contributed by atoms with Gasteiger partial charge in [0, 0.05) is 29.6 Å². The summed E-state index contributed by atoms with van der Waals surface area (Å²) < 4.78 is 7.18. The van der Waals surface area contributed by atoms with Crippen molar-refractivity contribution in [3.63, 3.8) is 0 Å². The standard InChI is InChI=1S/C26H29Cl2N5O3/c27-22-12-21(13-23(28)14-22)18-36-26(35)32-10-8-19(9-11-32)6-7-25(34)29-15-24-17-33(31-30-24)16-20-4-2-1-3-5-20/h1-5,12-14,17,19H,6-11,15-16,18H2,(H,29,34). The summed E-state index contributed by atoms with van der Waals surface area (Å²) in [4.78, 5) is 26.4. The molecule has 4 rings (SSSR count). The van der Waals surface area contributed by atoms with Crippen molar-refractivity contribution in [3.8, 4) is 0 Å². The third-order valence-corrected chi connectivity index (χ3v) is 6.61. The van der Waals surface area contributed by atoms with Gasteiger partial charge in [-0.15, -0.1) is 5.10 Å². The van der Waals surface area contributed by atoms with Crippen LogP contribution in [0.2, 0.25) is 10.0 Å². The van der Waals surface area contributed by atoms with Crippen LogP contribution >= 0.6 is 23.2 Å². The number of carbonyl (C=O) groups is 2.